The van der Waals surface area contributed by atoms with Crippen molar-refractivity contribution in [1.29, 1.82) is 0 Å². The molecule has 0 fully saturated rings. The Kier molecular flexibility index (Phi) is 6.14. The molecule has 0 N–H and O–H groups in total. The van der Waals surface area contributed by atoms with Crippen LogP contribution >= 0.6 is 0 Å². The fraction of sp³-hybridized carbons (Fsp3) is 0.444. The van der Waals surface area contributed by atoms with E-state index in [9.17, 15) is 21.6 Å². The van der Waals surface area contributed by atoms with E-state index in [2.05, 4.69) is 9.98 Å². The standard InChI is InChI=1S/C16H16F3N3O2S.C2H6/c1-25(23,24)15(16(17,18)19)11-22(12-7-3-2-4-8-12)14(21-15)13-9-5-6-10-20-13;1-2/h3,5-10H,2,4,11H2,1H3;1-2H3. The first-order chi connectivity index (χ1) is 12.7. The SMILES string of the molecule is CC.CS(=O)(=O)C1(C(F)(F)F)CN(C2=CCCC=C2)C(c2ccccn2)=N1. The van der Waals surface area contributed by atoms with E-state index in [1.807, 2.05) is 19.9 Å². The molecule has 1 aliphatic heterocycles. The Balaban J connectivity index is 0.00000126. The van der Waals surface area contributed by atoms with Crippen LogP contribution in [-0.4, -0.2) is 48.0 Å². The van der Waals surface area contributed by atoms with Gasteiger partial charge in [0.1, 0.15) is 5.69 Å². The topological polar surface area (TPSA) is 62.6 Å². The summed E-state index contributed by atoms with van der Waals surface area (Å²) in [6.07, 6.45) is 3.67. The summed E-state index contributed by atoms with van der Waals surface area (Å²) < 4.78 is 65.5. The van der Waals surface area contributed by atoms with E-state index >= 15 is 0 Å². The summed E-state index contributed by atoms with van der Waals surface area (Å²) >= 11 is 0. The number of aromatic nitrogens is 1. The smallest absolute Gasteiger partial charge is 0.321 e. The second-order valence-corrected chi connectivity index (χ2v) is 8.12. The van der Waals surface area contributed by atoms with Crippen molar-refractivity contribution in [3.05, 3.63) is 54.0 Å². The Morgan fingerprint density at radius 1 is 1.19 bits per heavy atom. The predicted octanol–water partition coefficient (Wildman–Crippen LogP) is 3.71. The van der Waals surface area contributed by atoms with Crippen LogP contribution in [0.2, 0.25) is 0 Å². The van der Waals surface area contributed by atoms with Crippen LogP contribution in [0.15, 0.2) is 53.3 Å². The van der Waals surface area contributed by atoms with Crippen molar-refractivity contribution in [1.82, 2.24) is 9.88 Å². The van der Waals surface area contributed by atoms with Crippen LogP contribution in [-0.2, 0) is 9.84 Å². The molecule has 1 atom stereocenters. The number of aliphatic imine (C=N–C) groups is 1. The van der Waals surface area contributed by atoms with Gasteiger partial charge < -0.3 is 4.90 Å². The maximum absolute atomic E-state index is 13.8. The van der Waals surface area contributed by atoms with E-state index in [-0.39, 0.29) is 11.5 Å². The summed E-state index contributed by atoms with van der Waals surface area (Å²) in [5.74, 6) is -0.0962. The van der Waals surface area contributed by atoms with Crippen LogP contribution in [0.1, 0.15) is 32.4 Å². The van der Waals surface area contributed by atoms with Gasteiger partial charge in [-0.1, -0.05) is 32.1 Å². The van der Waals surface area contributed by atoms with Gasteiger partial charge in [-0.15, -0.1) is 0 Å². The molecular formula is C18H22F3N3O2S. The van der Waals surface area contributed by atoms with Gasteiger partial charge >= 0.3 is 6.18 Å². The van der Waals surface area contributed by atoms with E-state index in [1.54, 1.807) is 24.3 Å². The van der Waals surface area contributed by atoms with E-state index in [0.717, 1.165) is 6.42 Å². The number of pyridine rings is 1. The van der Waals surface area contributed by atoms with Gasteiger partial charge in [0.25, 0.3) is 4.87 Å². The molecule has 0 amide bonds. The highest BCUT2D eigenvalue weighted by Gasteiger charge is 2.66. The number of halogens is 3. The summed E-state index contributed by atoms with van der Waals surface area (Å²) in [5, 5.41) is 0. The van der Waals surface area contributed by atoms with Crippen molar-refractivity contribution >= 4 is 15.7 Å². The van der Waals surface area contributed by atoms with Crippen LogP contribution in [0.3, 0.4) is 0 Å². The third-order valence-electron chi connectivity index (χ3n) is 4.15. The lowest BCUT2D eigenvalue weighted by Gasteiger charge is -2.29. The molecule has 9 heteroatoms. The zero-order valence-electron chi connectivity index (χ0n) is 15.4. The van der Waals surface area contributed by atoms with Gasteiger partial charge in [0, 0.05) is 18.1 Å². The molecule has 3 rings (SSSR count). The van der Waals surface area contributed by atoms with E-state index < -0.39 is 27.4 Å². The molecule has 5 nitrogen and oxygen atoms in total. The average Bonchev–Trinajstić information content (AvgIpc) is 3.07. The number of sulfone groups is 1. The van der Waals surface area contributed by atoms with Crippen molar-refractivity contribution < 1.29 is 21.6 Å². The largest absolute Gasteiger partial charge is 0.429 e. The fourth-order valence-corrected chi connectivity index (χ4v) is 3.86. The van der Waals surface area contributed by atoms with Gasteiger partial charge in [-0.05, 0) is 31.1 Å². The normalized spacial score (nSPS) is 22.7. The summed E-state index contributed by atoms with van der Waals surface area (Å²) in [6, 6.07) is 4.74. The van der Waals surface area contributed by atoms with Crippen LogP contribution in [0.4, 0.5) is 13.2 Å². The van der Waals surface area contributed by atoms with Crippen molar-refractivity contribution in [2.45, 2.75) is 37.7 Å². The number of hydrogen-bond donors (Lipinski definition) is 0. The number of alkyl halides is 3. The van der Waals surface area contributed by atoms with E-state index in [4.69, 9.17) is 0 Å². The van der Waals surface area contributed by atoms with Gasteiger partial charge in [0.05, 0.1) is 6.54 Å². The number of nitrogens with zero attached hydrogens (tertiary/aromatic N) is 3. The quantitative estimate of drug-likeness (QED) is 0.775. The number of hydrogen-bond acceptors (Lipinski definition) is 5. The monoisotopic (exact) mass is 401 g/mol. The minimum atomic E-state index is -5.05. The number of allylic oxidation sites excluding steroid dienone is 3. The maximum Gasteiger partial charge on any atom is 0.429 e. The molecule has 0 bridgehead atoms. The van der Waals surface area contributed by atoms with Gasteiger partial charge in [0.15, 0.2) is 15.7 Å². The van der Waals surface area contributed by atoms with Crippen molar-refractivity contribution in [3.63, 3.8) is 0 Å². The summed E-state index contributed by atoms with van der Waals surface area (Å²) in [6.45, 7) is 3.18. The highest BCUT2D eigenvalue weighted by molar-refractivity contribution is 7.92. The molecule has 1 unspecified atom stereocenters. The first kappa shape index (κ1) is 21.1. The third-order valence-corrected chi connectivity index (χ3v) is 5.83. The highest BCUT2D eigenvalue weighted by atomic mass is 32.2. The van der Waals surface area contributed by atoms with Crippen molar-refractivity contribution in [2.24, 2.45) is 4.99 Å². The van der Waals surface area contributed by atoms with Gasteiger partial charge in [-0.3, -0.25) is 4.98 Å². The molecule has 0 saturated carbocycles. The van der Waals surface area contributed by atoms with E-state index in [1.165, 1.54) is 17.2 Å². The molecule has 1 aromatic heterocycles. The highest BCUT2D eigenvalue weighted by Crippen LogP contribution is 2.43. The van der Waals surface area contributed by atoms with Crippen LogP contribution in [0.5, 0.6) is 0 Å². The lowest BCUT2D eigenvalue weighted by molar-refractivity contribution is -0.158. The molecule has 0 radical (unpaired) electrons. The third kappa shape index (κ3) is 3.92. The Hall–Kier alpha value is -2.16. The Morgan fingerprint density at radius 3 is 2.37 bits per heavy atom. The molecule has 1 aliphatic carbocycles. The molecule has 148 valence electrons. The molecule has 2 aliphatic rings. The summed E-state index contributed by atoms with van der Waals surface area (Å²) in [7, 11) is -4.57. The van der Waals surface area contributed by atoms with Gasteiger partial charge in [-0.25, -0.2) is 13.4 Å². The van der Waals surface area contributed by atoms with Gasteiger partial charge in [-0.2, -0.15) is 13.2 Å². The van der Waals surface area contributed by atoms with Crippen LogP contribution in [0, 0.1) is 0 Å². The molecule has 0 saturated heterocycles. The second-order valence-electron chi connectivity index (χ2n) is 5.90. The van der Waals surface area contributed by atoms with Crippen LogP contribution in [0.25, 0.3) is 0 Å². The second kappa shape index (κ2) is 7.84. The van der Waals surface area contributed by atoms with E-state index in [0.29, 0.717) is 18.4 Å². The van der Waals surface area contributed by atoms with Crippen molar-refractivity contribution in [3.8, 4) is 0 Å². The minimum Gasteiger partial charge on any atom is -0.321 e. The average molecular weight is 401 g/mol. The van der Waals surface area contributed by atoms with Crippen molar-refractivity contribution in [2.75, 3.05) is 12.8 Å². The molecule has 1 aromatic rings. The molecular weight excluding hydrogens is 379 g/mol. The molecule has 0 spiro atoms. The molecule has 2 heterocycles. The number of amidine groups is 1. The minimum absolute atomic E-state index is 0.0962. The zero-order valence-corrected chi connectivity index (χ0v) is 16.2. The first-order valence-electron chi connectivity index (χ1n) is 8.57. The predicted molar refractivity (Wildman–Crippen MR) is 98.9 cm³/mol. The summed E-state index contributed by atoms with van der Waals surface area (Å²) in [4.78, 5) is 5.81. The molecule has 27 heavy (non-hydrogen) atoms. The lowest BCUT2D eigenvalue weighted by atomic mass is 10.1. The lowest BCUT2D eigenvalue weighted by Crippen LogP contribution is -2.53. The Bertz CT molecular complexity index is 862. The summed E-state index contributed by atoms with van der Waals surface area (Å²) in [5.41, 5.74) is 0.683. The molecule has 0 aromatic carbocycles. The maximum atomic E-state index is 13.8. The fourth-order valence-electron chi connectivity index (χ4n) is 2.82. The van der Waals surface area contributed by atoms with Gasteiger partial charge in [0.2, 0.25) is 0 Å². The van der Waals surface area contributed by atoms with Crippen LogP contribution < -0.4 is 0 Å². The Morgan fingerprint density at radius 2 is 1.89 bits per heavy atom. The first-order valence-corrected chi connectivity index (χ1v) is 10.5. The number of rotatable bonds is 3. The zero-order chi connectivity index (χ0) is 20.3. The Labute approximate surface area is 157 Å².